The van der Waals surface area contributed by atoms with Crippen LogP contribution in [0.5, 0.6) is 0 Å². The van der Waals surface area contributed by atoms with E-state index in [0.29, 0.717) is 19.8 Å². The van der Waals surface area contributed by atoms with Crippen LogP contribution < -0.4 is 0 Å². The summed E-state index contributed by atoms with van der Waals surface area (Å²) in [5.41, 5.74) is -0.360. The molecule has 0 radical (unpaired) electrons. The topological polar surface area (TPSA) is 47.9 Å². The Kier molecular flexibility index (Phi) is 5.53. The van der Waals surface area contributed by atoms with Gasteiger partial charge in [-0.1, -0.05) is 13.8 Å². The molecule has 4 heteroatoms. The fraction of sp³-hybridized carbons (Fsp3) is 1.00. The molecule has 1 fully saturated rings. The van der Waals surface area contributed by atoms with E-state index in [1.54, 1.807) is 0 Å². The summed E-state index contributed by atoms with van der Waals surface area (Å²) in [6.45, 7) is 6.40. The van der Waals surface area contributed by atoms with Crippen molar-refractivity contribution in [2.24, 2.45) is 5.41 Å². The van der Waals surface area contributed by atoms with Crippen LogP contribution in [0.4, 0.5) is 0 Å². The van der Waals surface area contributed by atoms with E-state index >= 15 is 0 Å². The van der Waals surface area contributed by atoms with Crippen molar-refractivity contribution >= 4 is 0 Å². The molecule has 0 spiro atoms. The Balaban J connectivity index is 2.34. The lowest BCUT2D eigenvalue weighted by molar-refractivity contribution is -0.247. The molecular formula is C11H22O4. The molecule has 1 heterocycles. The van der Waals surface area contributed by atoms with Gasteiger partial charge in [0.1, 0.15) is 0 Å². The van der Waals surface area contributed by atoms with Gasteiger partial charge in [0.15, 0.2) is 6.29 Å². The number of hydrogen-bond donors (Lipinski definition) is 1. The van der Waals surface area contributed by atoms with Crippen LogP contribution in [-0.4, -0.2) is 44.4 Å². The lowest BCUT2D eigenvalue weighted by atomic mass is 9.91. The van der Waals surface area contributed by atoms with Gasteiger partial charge in [-0.15, -0.1) is 0 Å². The second-order valence-corrected chi connectivity index (χ2v) is 4.17. The Hall–Kier alpha value is -0.160. The monoisotopic (exact) mass is 218 g/mol. The minimum absolute atomic E-state index is 0.0488. The van der Waals surface area contributed by atoms with Crippen LogP contribution in [0.15, 0.2) is 0 Å². The van der Waals surface area contributed by atoms with Crippen molar-refractivity contribution in [1.82, 2.24) is 0 Å². The molecule has 1 rings (SSSR count). The molecular weight excluding hydrogens is 196 g/mol. The van der Waals surface area contributed by atoms with E-state index in [1.165, 1.54) is 0 Å². The van der Waals surface area contributed by atoms with Gasteiger partial charge in [-0.25, -0.2) is 0 Å². The van der Waals surface area contributed by atoms with Crippen LogP contribution >= 0.6 is 0 Å². The molecule has 0 aromatic heterocycles. The molecule has 90 valence electrons. The number of aliphatic hydroxyl groups excluding tert-OH is 1. The van der Waals surface area contributed by atoms with Crippen LogP contribution in [0.2, 0.25) is 0 Å². The molecule has 15 heavy (non-hydrogen) atoms. The molecule has 1 N–H and O–H groups in total. The third-order valence-corrected chi connectivity index (χ3v) is 2.58. The Morgan fingerprint density at radius 1 is 1.33 bits per heavy atom. The molecule has 0 atom stereocenters. The first-order valence-corrected chi connectivity index (χ1v) is 5.68. The highest BCUT2D eigenvalue weighted by Crippen LogP contribution is 2.25. The summed E-state index contributed by atoms with van der Waals surface area (Å²) in [4.78, 5) is 0. The number of hydrogen-bond acceptors (Lipinski definition) is 4. The maximum Gasteiger partial charge on any atom is 0.157 e. The van der Waals surface area contributed by atoms with Crippen molar-refractivity contribution < 1.29 is 19.3 Å². The van der Waals surface area contributed by atoms with Crippen LogP contribution in [0.3, 0.4) is 0 Å². The van der Waals surface area contributed by atoms with Crippen LogP contribution in [0, 0.1) is 5.41 Å². The fourth-order valence-electron chi connectivity index (χ4n) is 1.52. The third kappa shape index (κ3) is 3.72. The summed E-state index contributed by atoms with van der Waals surface area (Å²) in [5, 5.41) is 9.36. The largest absolute Gasteiger partial charge is 0.396 e. The molecule has 0 aromatic carbocycles. The van der Waals surface area contributed by atoms with E-state index in [1.807, 2.05) is 6.92 Å². The molecule has 0 saturated carbocycles. The van der Waals surface area contributed by atoms with Crippen LogP contribution in [-0.2, 0) is 14.2 Å². The van der Waals surface area contributed by atoms with Crippen molar-refractivity contribution in [1.29, 1.82) is 0 Å². The molecule has 0 aliphatic carbocycles. The van der Waals surface area contributed by atoms with E-state index in [2.05, 4.69) is 6.92 Å². The van der Waals surface area contributed by atoms with E-state index in [0.717, 1.165) is 19.4 Å². The quantitative estimate of drug-likeness (QED) is 0.680. The normalized spacial score (nSPS) is 31.8. The Bertz CT molecular complexity index is 158. The van der Waals surface area contributed by atoms with Gasteiger partial charge in [0.2, 0.25) is 0 Å². The summed E-state index contributed by atoms with van der Waals surface area (Å²) in [7, 11) is 0. The second-order valence-electron chi connectivity index (χ2n) is 4.17. The van der Waals surface area contributed by atoms with Gasteiger partial charge in [-0.2, -0.15) is 0 Å². The zero-order chi connectivity index (χ0) is 11.1. The van der Waals surface area contributed by atoms with E-state index in [9.17, 15) is 5.11 Å². The van der Waals surface area contributed by atoms with Gasteiger partial charge in [0.05, 0.1) is 31.8 Å². The molecule has 0 unspecified atom stereocenters. The van der Waals surface area contributed by atoms with Gasteiger partial charge >= 0.3 is 0 Å². The molecule has 1 aliphatic heterocycles. The highest BCUT2D eigenvalue weighted by molar-refractivity contribution is 4.80. The number of rotatable bonds is 6. The maximum atomic E-state index is 9.36. The molecule has 0 bridgehead atoms. The minimum atomic E-state index is -0.360. The maximum absolute atomic E-state index is 9.36. The third-order valence-electron chi connectivity index (χ3n) is 2.58. The summed E-state index contributed by atoms with van der Waals surface area (Å²) >= 11 is 0. The minimum Gasteiger partial charge on any atom is -0.396 e. The van der Waals surface area contributed by atoms with Gasteiger partial charge in [-0.05, 0) is 12.8 Å². The van der Waals surface area contributed by atoms with Crippen molar-refractivity contribution in [3.63, 3.8) is 0 Å². The molecule has 0 amide bonds. The molecule has 1 saturated heterocycles. The summed E-state index contributed by atoms with van der Waals surface area (Å²) in [5.74, 6) is 0. The SMILES string of the molecule is CCCOCC1(CO)COC(CC)OC1. The van der Waals surface area contributed by atoms with Gasteiger partial charge in [-0.3, -0.25) is 0 Å². The van der Waals surface area contributed by atoms with Gasteiger partial charge in [0, 0.05) is 6.61 Å². The van der Waals surface area contributed by atoms with E-state index < -0.39 is 0 Å². The molecule has 0 aromatic rings. The van der Waals surface area contributed by atoms with Gasteiger partial charge in [0.25, 0.3) is 0 Å². The predicted octanol–water partition coefficient (Wildman–Crippen LogP) is 1.17. The summed E-state index contributed by atoms with van der Waals surface area (Å²) in [6.07, 6.45) is 1.72. The van der Waals surface area contributed by atoms with E-state index in [-0.39, 0.29) is 18.3 Å². The van der Waals surface area contributed by atoms with Crippen molar-refractivity contribution in [3.05, 3.63) is 0 Å². The Labute approximate surface area is 91.5 Å². The van der Waals surface area contributed by atoms with Crippen molar-refractivity contribution in [3.8, 4) is 0 Å². The lowest BCUT2D eigenvalue weighted by Gasteiger charge is -2.38. The first-order chi connectivity index (χ1) is 7.26. The second kappa shape index (κ2) is 6.43. The first kappa shape index (κ1) is 12.9. The predicted molar refractivity (Wildman–Crippen MR) is 56.6 cm³/mol. The van der Waals surface area contributed by atoms with Crippen LogP contribution in [0.1, 0.15) is 26.7 Å². The summed E-state index contributed by atoms with van der Waals surface area (Å²) < 4.78 is 16.5. The molecule has 1 aliphatic rings. The first-order valence-electron chi connectivity index (χ1n) is 5.68. The van der Waals surface area contributed by atoms with Gasteiger partial charge < -0.3 is 19.3 Å². The van der Waals surface area contributed by atoms with Crippen molar-refractivity contribution in [2.45, 2.75) is 33.0 Å². The highest BCUT2D eigenvalue weighted by atomic mass is 16.7. The fourth-order valence-corrected chi connectivity index (χ4v) is 1.52. The standard InChI is InChI=1S/C11H22O4/c1-3-5-13-7-11(6-12)8-14-10(4-2)15-9-11/h10,12H,3-9H2,1-2H3. The highest BCUT2D eigenvalue weighted by Gasteiger charge is 2.36. The average Bonchev–Trinajstić information content (AvgIpc) is 2.30. The zero-order valence-electron chi connectivity index (χ0n) is 9.70. The number of ether oxygens (including phenoxy) is 3. The summed E-state index contributed by atoms with van der Waals surface area (Å²) in [6, 6.07) is 0. The average molecular weight is 218 g/mol. The molecule has 4 nitrogen and oxygen atoms in total. The Morgan fingerprint density at radius 3 is 2.47 bits per heavy atom. The zero-order valence-corrected chi connectivity index (χ0v) is 9.70. The lowest BCUT2D eigenvalue weighted by Crippen LogP contribution is -2.47. The smallest absolute Gasteiger partial charge is 0.157 e. The Morgan fingerprint density at radius 2 is 2.00 bits per heavy atom. The van der Waals surface area contributed by atoms with Crippen molar-refractivity contribution in [2.75, 3.05) is 33.0 Å². The number of aliphatic hydroxyl groups is 1. The van der Waals surface area contributed by atoms with E-state index in [4.69, 9.17) is 14.2 Å². The van der Waals surface area contributed by atoms with Crippen LogP contribution in [0.25, 0.3) is 0 Å².